The topological polar surface area (TPSA) is 105 Å². The predicted octanol–water partition coefficient (Wildman–Crippen LogP) is 5.31. The molecule has 12 heteroatoms. The van der Waals surface area contributed by atoms with E-state index in [0.29, 0.717) is 14.2 Å². The van der Waals surface area contributed by atoms with Crippen molar-refractivity contribution >= 4 is 56.5 Å². The van der Waals surface area contributed by atoms with Crippen molar-refractivity contribution in [2.24, 2.45) is 0 Å². The van der Waals surface area contributed by atoms with Crippen LogP contribution < -0.4 is 5.32 Å². The number of hydrogen-bond acceptors (Lipinski definition) is 7. The van der Waals surface area contributed by atoms with E-state index >= 15 is 0 Å². The fourth-order valence-corrected chi connectivity index (χ4v) is 6.49. The lowest BCUT2D eigenvalue weighted by Gasteiger charge is -2.30. The number of halogens is 2. The molecule has 3 aromatic rings. The summed E-state index contributed by atoms with van der Waals surface area (Å²) in [6.45, 7) is 0. The molecular weight excluding hydrogens is 495 g/mol. The quantitative estimate of drug-likeness (QED) is 0.477. The number of rotatable bonds is 6. The Balaban J connectivity index is 1.45. The third kappa shape index (κ3) is 4.84. The van der Waals surface area contributed by atoms with Gasteiger partial charge in [0.1, 0.15) is 4.34 Å². The highest BCUT2D eigenvalue weighted by Crippen LogP contribution is 2.37. The SMILES string of the molecule is CN(C1CCCCC1)S(=O)(=O)c1ccc(C(=O)Nc2nnc(-c3cc(Cl)sc3Cl)o2)cc1. The molecule has 1 amide bonds. The van der Waals surface area contributed by atoms with E-state index in [1.54, 1.807) is 13.1 Å². The normalized spacial score (nSPS) is 15.2. The number of thiophene rings is 1. The molecule has 1 aromatic carbocycles. The van der Waals surface area contributed by atoms with Crippen LogP contribution >= 0.6 is 34.5 Å². The first kappa shape index (κ1) is 23.2. The lowest BCUT2D eigenvalue weighted by Crippen LogP contribution is -2.38. The second-order valence-electron chi connectivity index (χ2n) is 7.44. The van der Waals surface area contributed by atoms with E-state index < -0.39 is 15.9 Å². The lowest BCUT2D eigenvalue weighted by atomic mass is 9.96. The summed E-state index contributed by atoms with van der Waals surface area (Å²) in [5.41, 5.74) is 0.729. The van der Waals surface area contributed by atoms with E-state index in [-0.39, 0.29) is 28.4 Å². The van der Waals surface area contributed by atoms with Gasteiger partial charge in [0.05, 0.1) is 14.8 Å². The van der Waals surface area contributed by atoms with Gasteiger partial charge in [-0.1, -0.05) is 47.6 Å². The van der Waals surface area contributed by atoms with E-state index in [4.69, 9.17) is 27.6 Å². The van der Waals surface area contributed by atoms with Gasteiger partial charge in [-0.2, -0.15) is 4.31 Å². The highest BCUT2D eigenvalue weighted by atomic mass is 35.5. The van der Waals surface area contributed by atoms with Crippen molar-refractivity contribution in [1.82, 2.24) is 14.5 Å². The number of amides is 1. The van der Waals surface area contributed by atoms with Crippen LogP contribution in [0.2, 0.25) is 8.67 Å². The third-order valence-corrected chi connectivity index (χ3v) is 8.83. The molecule has 0 spiro atoms. The number of carbonyl (C=O) groups is 1. The molecule has 170 valence electrons. The maximum atomic E-state index is 12.9. The van der Waals surface area contributed by atoms with Gasteiger partial charge in [-0.25, -0.2) is 8.42 Å². The number of carbonyl (C=O) groups excluding carboxylic acids is 1. The van der Waals surface area contributed by atoms with Gasteiger partial charge in [-0.3, -0.25) is 10.1 Å². The molecule has 0 saturated heterocycles. The monoisotopic (exact) mass is 514 g/mol. The number of aromatic nitrogens is 2. The summed E-state index contributed by atoms with van der Waals surface area (Å²) in [7, 11) is -2.01. The average Bonchev–Trinajstić information content (AvgIpc) is 3.39. The number of sulfonamides is 1. The van der Waals surface area contributed by atoms with Crippen molar-refractivity contribution in [2.75, 3.05) is 12.4 Å². The third-order valence-electron chi connectivity index (χ3n) is 5.41. The lowest BCUT2D eigenvalue weighted by molar-refractivity contribution is 0.102. The van der Waals surface area contributed by atoms with E-state index in [1.165, 1.54) is 28.6 Å². The molecule has 1 aliphatic rings. The Bertz CT molecular complexity index is 1220. The van der Waals surface area contributed by atoms with Crippen molar-refractivity contribution in [3.8, 4) is 11.5 Å². The zero-order valence-corrected chi connectivity index (χ0v) is 20.2. The van der Waals surface area contributed by atoms with Crippen molar-refractivity contribution in [1.29, 1.82) is 0 Å². The van der Waals surface area contributed by atoms with Gasteiger partial charge in [-0.15, -0.1) is 16.4 Å². The largest absolute Gasteiger partial charge is 0.403 e. The summed E-state index contributed by atoms with van der Waals surface area (Å²) < 4.78 is 33.6. The molecule has 2 aromatic heterocycles. The van der Waals surface area contributed by atoms with Crippen molar-refractivity contribution in [3.05, 3.63) is 44.6 Å². The molecule has 0 aliphatic heterocycles. The molecule has 8 nitrogen and oxygen atoms in total. The van der Waals surface area contributed by atoms with Crippen molar-refractivity contribution in [3.63, 3.8) is 0 Å². The van der Waals surface area contributed by atoms with E-state index in [2.05, 4.69) is 15.5 Å². The molecule has 1 fully saturated rings. The second-order valence-corrected chi connectivity index (χ2v) is 11.7. The van der Waals surface area contributed by atoms with Crippen LogP contribution in [0.25, 0.3) is 11.5 Å². The minimum Gasteiger partial charge on any atom is -0.403 e. The molecule has 0 unspecified atom stereocenters. The number of benzene rings is 1. The van der Waals surface area contributed by atoms with Crippen LogP contribution in [0.4, 0.5) is 6.01 Å². The molecule has 0 bridgehead atoms. The summed E-state index contributed by atoms with van der Waals surface area (Å²) in [6, 6.07) is 7.24. The number of nitrogens with zero attached hydrogens (tertiary/aromatic N) is 3. The highest BCUT2D eigenvalue weighted by molar-refractivity contribution is 7.89. The van der Waals surface area contributed by atoms with Gasteiger partial charge >= 0.3 is 6.01 Å². The Morgan fingerprint density at radius 1 is 1.16 bits per heavy atom. The minimum atomic E-state index is -3.63. The van der Waals surface area contributed by atoms with Gasteiger partial charge in [0.25, 0.3) is 11.8 Å². The highest BCUT2D eigenvalue weighted by Gasteiger charge is 2.29. The van der Waals surface area contributed by atoms with Crippen LogP contribution in [-0.2, 0) is 10.0 Å². The zero-order valence-electron chi connectivity index (χ0n) is 17.0. The van der Waals surface area contributed by atoms with Gasteiger partial charge in [0.2, 0.25) is 10.0 Å². The molecular formula is C20H20Cl2N4O4S2. The molecule has 1 aliphatic carbocycles. The van der Waals surface area contributed by atoms with Gasteiger partial charge in [0.15, 0.2) is 0 Å². The van der Waals surface area contributed by atoms with Crippen LogP contribution in [0.15, 0.2) is 39.6 Å². The van der Waals surface area contributed by atoms with Crippen LogP contribution in [0, 0.1) is 0 Å². The molecule has 1 saturated carbocycles. The number of anilines is 1. The van der Waals surface area contributed by atoms with E-state index in [9.17, 15) is 13.2 Å². The van der Waals surface area contributed by atoms with Gasteiger partial charge in [-0.05, 0) is 43.2 Å². The predicted molar refractivity (Wildman–Crippen MR) is 124 cm³/mol. The molecule has 1 N–H and O–H groups in total. The van der Waals surface area contributed by atoms with Crippen LogP contribution in [-0.4, -0.2) is 41.9 Å². The van der Waals surface area contributed by atoms with Crippen LogP contribution in [0.5, 0.6) is 0 Å². The Hall–Kier alpha value is -1.98. The summed E-state index contributed by atoms with van der Waals surface area (Å²) in [6.07, 6.45) is 4.94. The maximum Gasteiger partial charge on any atom is 0.322 e. The van der Waals surface area contributed by atoms with Gasteiger partial charge in [0, 0.05) is 18.7 Å². The molecule has 0 radical (unpaired) electrons. The smallest absolute Gasteiger partial charge is 0.322 e. The maximum absolute atomic E-state index is 12.9. The Kier molecular flexibility index (Phi) is 6.87. The zero-order chi connectivity index (χ0) is 22.9. The fraction of sp³-hybridized carbons (Fsp3) is 0.350. The Morgan fingerprint density at radius 2 is 1.84 bits per heavy atom. The number of hydrogen-bond donors (Lipinski definition) is 1. The summed E-state index contributed by atoms with van der Waals surface area (Å²) in [4.78, 5) is 12.7. The second kappa shape index (κ2) is 9.48. The molecule has 2 heterocycles. The molecule has 0 atom stereocenters. The average molecular weight is 515 g/mol. The first-order chi connectivity index (χ1) is 15.3. The first-order valence-corrected chi connectivity index (χ1v) is 12.9. The summed E-state index contributed by atoms with van der Waals surface area (Å²) in [5, 5.41) is 10.2. The van der Waals surface area contributed by atoms with Gasteiger partial charge < -0.3 is 4.42 Å². The van der Waals surface area contributed by atoms with Crippen molar-refractivity contribution in [2.45, 2.75) is 43.0 Å². The standard InChI is InChI=1S/C20H20Cl2N4O4S2/c1-26(13-5-3-2-4-6-13)32(28,29)14-9-7-12(8-10-14)18(27)23-20-25-24-19(30-20)15-11-16(21)31-17(15)22/h7-11,13H,2-6H2,1H3,(H,23,25,27). The number of nitrogens with one attached hydrogen (secondary N) is 1. The Morgan fingerprint density at radius 3 is 2.47 bits per heavy atom. The minimum absolute atomic E-state index is 0.00931. The van der Waals surface area contributed by atoms with Crippen molar-refractivity contribution < 1.29 is 17.6 Å². The summed E-state index contributed by atoms with van der Waals surface area (Å²) >= 11 is 13.2. The van der Waals surface area contributed by atoms with E-state index in [0.717, 1.165) is 43.4 Å². The Labute approximate surface area is 199 Å². The van der Waals surface area contributed by atoms with E-state index in [1.807, 2.05) is 0 Å². The fourth-order valence-electron chi connectivity index (χ4n) is 3.62. The summed E-state index contributed by atoms with van der Waals surface area (Å²) in [5.74, 6) is -0.389. The molecule has 32 heavy (non-hydrogen) atoms. The van der Waals surface area contributed by atoms with Crippen LogP contribution in [0.3, 0.4) is 0 Å². The van der Waals surface area contributed by atoms with Crippen LogP contribution in [0.1, 0.15) is 42.5 Å². The molecule has 4 rings (SSSR count). The first-order valence-electron chi connectivity index (χ1n) is 9.94.